The molecule has 0 spiro atoms. The summed E-state index contributed by atoms with van der Waals surface area (Å²) in [5.41, 5.74) is 14.6. The smallest absolute Gasteiger partial charge is 0.143 e. The first-order valence-electron chi connectivity index (χ1n) is 19.2. The van der Waals surface area contributed by atoms with Gasteiger partial charge in [0.1, 0.15) is 22.3 Å². The second-order valence-electron chi connectivity index (χ2n) is 17.8. The van der Waals surface area contributed by atoms with Gasteiger partial charge in [0.05, 0.1) is 11.1 Å². The number of rotatable bonds is 3. The van der Waals surface area contributed by atoms with Crippen molar-refractivity contribution in [1.29, 1.82) is 0 Å². The summed E-state index contributed by atoms with van der Waals surface area (Å²) in [4.78, 5) is 2.43. The van der Waals surface area contributed by atoms with E-state index in [1.807, 2.05) is 0 Å². The number of furan rings is 2. The van der Waals surface area contributed by atoms with Gasteiger partial charge in [-0.25, -0.2) is 0 Å². The van der Waals surface area contributed by atoms with E-state index in [4.69, 9.17) is 8.83 Å². The molecule has 1 aliphatic rings. The summed E-state index contributed by atoms with van der Waals surface area (Å²) in [5.74, 6) is 0. The Labute approximate surface area is 316 Å². The minimum absolute atomic E-state index is 0.0177. The SMILES string of the molecule is CC(C)(C)c1ccc2c(oc3ccc(N(c4ccc5c(c4)C(C)(C)c4ccccc4-5)c4cccc5oc6c7ccccc7ccc6c45)cc32)c1C(C)(C)C. The van der Waals surface area contributed by atoms with Gasteiger partial charge in [0, 0.05) is 43.9 Å². The zero-order valence-electron chi connectivity index (χ0n) is 32.4. The molecule has 0 N–H and O–H groups in total. The van der Waals surface area contributed by atoms with Gasteiger partial charge < -0.3 is 13.7 Å². The Morgan fingerprint density at radius 2 is 1.20 bits per heavy atom. The minimum Gasteiger partial charge on any atom is -0.456 e. The van der Waals surface area contributed by atoms with Crippen molar-refractivity contribution in [3.63, 3.8) is 0 Å². The highest BCUT2D eigenvalue weighted by Crippen LogP contribution is 2.52. The van der Waals surface area contributed by atoms with E-state index in [1.165, 1.54) is 38.8 Å². The Morgan fingerprint density at radius 3 is 2.02 bits per heavy atom. The highest BCUT2D eigenvalue weighted by atomic mass is 16.3. The van der Waals surface area contributed by atoms with Crippen molar-refractivity contribution in [2.45, 2.75) is 71.6 Å². The normalized spacial score (nSPS) is 14.1. The van der Waals surface area contributed by atoms with Gasteiger partial charge in [0.25, 0.3) is 0 Å². The van der Waals surface area contributed by atoms with Gasteiger partial charge in [-0.15, -0.1) is 0 Å². The van der Waals surface area contributed by atoms with Gasteiger partial charge in [0.2, 0.25) is 0 Å². The lowest BCUT2D eigenvalue weighted by Gasteiger charge is -2.30. The molecule has 0 amide bonds. The molecule has 0 saturated carbocycles. The van der Waals surface area contributed by atoms with Crippen LogP contribution >= 0.6 is 0 Å². The van der Waals surface area contributed by atoms with Gasteiger partial charge >= 0.3 is 0 Å². The number of anilines is 3. The van der Waals surface area contributed by atoms with Crippen molar-refractivity contribution in [3.8, 4) is 11.1 Å². The third-order valence-corrected chi connectivity index (χ3v) is 11.9. The fraction of sp³-hybridized carbons (Fsp3) is 0.216. The lowest BCUT2D eigenvalue weighted by molar-refractivity contribution is 0.523. The zero-order valence-corrected chi connectivity index (χ0v) is 32.4. The van der Waals surface area contributed by atoms with E-state index in [1.54, 1.807) is 0 Å². The standard InChI is InChI=1S/C51H45NO2/c1-49(2,3)40-26-25-36-38-28-31(22-27-43(38)53-48(36)46(40)50(4,5)6)52(32-21-24-35-34-16-11-12-17-39(34)51(7,8)41(35)29-32)42-18-13-19-44-45(42)37-23-20-30-14-9-10-15-33(30)47(37)54-44/h9-29H,1-8H3. The van der Waals surface area contributed by atoms with Crippen LogP contribution in [0.25, 0.3) is 65.8 Å². The van der Waals surface area contributed by atoms with E-state index in [9.17, 15) is 0 Å². The summed E-state index contributed by atoms with van der Waals surface area (Å²) in [6.45, 7) is 18.5. The fourth-order valence-electron chi connectivity index (χ4n) is 9.32. The molecule has 0 fully saturated rings. The van der Waals surface area contributed by atoms with Gasteiger partial charge in [-0.3, -0.25) is 0 Å². The van der Waals surface area contributed by atoms with E-state index in [2.05, 4.69) is 188 Å². The predicted molar refractivity (Wildman–Crippen MR) is 228 cm³/mol. The van der Waals surface area contributed by atoms with E-state index >= 15 is 0 Å². The lowest BCUT2D eigenvalue weighted by atomic mass is 9.74. The van der Waals surface area contributed by atoms with E-state index in [-0.39, 0.29) is 16.2 Å². The zero-order chi connectivity index (χ0) is 37.3. The molecule has 0 radical (unpaired) electrons. The maximum Gasteiger partial charge on any atom is 0.143 e. The molecule has 2 heterocycles. The van der Waals surface area contributed by atoms with Gasteiger partial charge in [-0.1, -0.05) is 134 Å². The molecule has 7 aromatic carbocycles. The highest BCUT2D eigenvalue weighted by Gasteiger charge is 2.36. The molecule has 54 heavy (non-hydrogen) atoms. The van der Waals surface area contributed by atoms with Crippen LogP contribution in [-0.4, -0.2) is 0 Å². The van der Waals surface area contributed by atoms with Crippen molar-refractivity contribution >= 4 is 71.7 Å². The lowest BCUT2D eigenvalue weighted by Crippen LogP contribution is -2.22. The molecular formula is C51H45NO2. The molecule has 3 nitrogen and oxygen atoms in total. The first kappa shape index (κ1) is 32.8. The summed E-state index contributed by atoms with van der Waals surface area (Å²) in [7, 11) is 0. The summed E-state index contributed by atoms with van der Waals surface area (Å²) < 4.78 is 13.6. The Hall–Kier alpha value is -5.80. The number of hydrogen-bond acceptors (Lipinski definition) is 3. The Bertz CT molecular complexity index is 2990. The topological polar surface area (TPSA) is 29.5 Å². The Kier molecular flexibility index (Phi) is 6.76. The van der Waals surface area contributed by atoms with Crippen LogP contribution in [0.5, 0.6) is 0 Å². The molecule has 10 rings (SSSR count). The van der Waals surface area contributed by atoms with Crippen LogP contribution in [0.4, 0.5) is 17.1 Å². The molecule has 3 heteroatoms. The summed E-state index contributed by atoms with van der Waals surface area (Å²) in [6, 6.07) is 46.6. The largest absolute Gasteiger partial charge is 0.456 e. The Balaban J connectivity index is 1.26. The molecule has 2 aromatic heterocycles. The molecule has 0 atom stereocenters. The molecule has 9 aromatic rings. The van der Waals surface area contributed by atoms with E-state index < -0.39 is 0 Å². The quantitative estimate of drug-likeness (QED) is 0.183. The van der Waals surface area contributed by atoms with E-state index in [0.717, 1.165) is 66.3 Å². The summed E-state index contributed by atoms with van der Waals surface area (Å²) in [5, 5.41) is 6.76. The minimum atomic E-state index is -0.139. The van der Waals surface area contributed by atoms with Crippen LogP contribution in [0.1, 0.15) is 77.6 Å². The van der Waals surface area contributed by atoms with Gasteiger partial charge in [0.15, 0.2) is 0 Å². The molecule has 0 unspecified atom stereocenters. The number of nitrogens with zero attached hydrogens (tertiary/aromatic N) is 1. The number of benzene rings is 7. The van der Waals surface area contributed by atoms with Crippen LogP contribution < -0.4 is 4.90 Å². The molecule has 266 valence electrons. The molecular weight excluding hydrogens is 659 g/mol. The first-order valence-corrected chi connectivity index (χ1v) is 19.2. The summed E-state index contributed by atoms with van der Waals surface area (Å²) in [6.07, 6.45) is 0. The average Bonchev–Trinajstić information content (AvgIpc) is 3.79. The summed E-state index contributed by atoms with van der Waals surface area (Å²) >= 11 is 0. The van der Waals surface area contributed by atoms with Crippen molar-refractivity contribution in [3.05, 3.63) is 150 Å². The number of hydrogen-bond donors (Lipinski definition) is 0. The first-order chi connectivity index (χ1) is 25.8. The molecule has 0 aliphatic heterocycles. The highest BCUT2D eigenvalue weighted by molar-refractivity contribution is 6.20. The molecule has 0 saturated heterocycles. The van der Waals surface area contributed by atoms with Crippen molar-refractivity contribution in [2.24, 2.45) is 0 Å². The van der Waals surface area contributed by atoms with Crippen molar-refractivity contribution in [2.75, 3.05) is 4.90 Å². The Morgan fingerprint density at radius 1 is 0.500 bits per heavy atom. The number of fused-ring (bicyclic) bond motifs is 11. The van der Waals surface area contributed by atoms with E-state index in [0.29, 0.717) is 0 Å². The molecule has 0 bridgehead atoms. The second kappa shape index (κ2) is 11.1. The third-order valence-electron chi connectivity index (χ3n) is 11.9. The van der Waals surface area contributed by atoms with Crippen LogP contribution in [0.15, 0.2) is 136 Å². The van der Waals surface area contributed by atoms with Gasteiger partial charge in [-0.2, -0.15) is 0 Å². The van der Waals surface area contributed by atoms with Crippen LogP contribution in [0.3, 0.4) is 0 Å². The fourth-order valence-corrected chi connectivity index (χ4v) is 9.32. The maximum absolute atomic E-state index is 6.84. The maximum atomic E-state index is 6.84. The van der Waals surface area contributed by atoms with Crippen LogP contribution in [0, 0.1) is 0 Å². The van der Waals surface area contributed by atoms with Gasteiger partial charge in [-0.05, 0) is 92.6 Å². The molecule has 1 aliphatic carbocycles. The van der Waals surface area contributed by atoms with Crippen molar-refractivity contribution in [1.82, 2.24) is 0 Å². The monoisotopic (exact) mass is 703 g/mol. The average molecular weight is 704 g/mol. The van der Waals surface area contributed by atoms with Crippen LogP contribution in [-0.2, 0) is 16.2 Å². The van der Waals surface area contributed by atoms with Crippen LogP contribution in [0.2, 0.25) is 0 Å². The third kappa shape index (κ3) is 4.67. The van der Waals surface area contributed by atoms with Crippen molar-refractivity contribution < 1.29 is 8.83 Å². The second-order valence-corrected chi connectivity index (χ2v) is 17.8. The predicted octanol–water partition coefficient (Wildman–Crippen LogP) is 15.0.